The quantitative estimate of drug-likeness (QED) is 0.259. The van der Waals surface area contributed by atoms with E-state index in [0.717, 1.165) is 5.56 Å². The van der Waals surface area contributed by atoms with Gasteiger partial charge in [-0.25, -0.2) is 23.1 Å². The van der Waals surface area contributed by atoms with E-state index in [9.17, 15) is 9.59 Å². The molecule has 1 aliphatic rings. The second-order valence-corrected chi connectivity index (χ2v) is 12.7. The van der Waals surface area contributed by atoms with E-state index in [1.165, 1.54) is 22.8 Å². The summed E-state index contributed by atoms with van der Waals surface area (Å²) in [5.41, 5.74) is 1.39. The first kappa shape index (κ1) is 31.0. The normalized spacial score (nSPS) is 15.7. The van der Waals surface area contributed by atoms with E-state index in [2.05, 4.69) is 16.5 Å². The van der Waals surface area contributed by atoms with Crippen molar-refractivity contribution in [1.29, 1.82) is 0 Å². The molecule has 1 amide bonds. The SMILES string of the molecule is C=CC(=O)N1CCN(c2nc(=O)n(-c3c(C)ccnc3C(C)C)c3nc(-c4c(F)cccc4C(C)(C)C)c(F)cc23)[C@@H](C)C1. The minimum atomic E-state index is -0.735. The number of rotatable bonds is 5. The van der Waals surface area contributed by atoms with Gasteiger partial charge in [-0.2, -0.15) is 4.98 Å². The van der Waals surface area contributed by atoms with E-state index >= 15 is 8.78 Å². The molecule has 1 fully saturated rings. The molecule has 5 rings (SSSR count). The fourth-order valence-electron chi connectivity index (χ4n) is 5.98. The van der Waals surface area contributed by atoms with E-state index in [-0.39, 0.29) is 40.6 Å². The van der Waals surface area contributed by atoms with Crippen molar-refractivity contribution in [3.05, 3.63) is 88.1 Å². The average molecular weight is 601 g/mol. The third kappa shape index (κ3) is 5.37. The number of nitrogens with zero attached hydrogens (tertiary/aromatic N) is 6. The van der Waals surface area contributed by atoms with Crippen LogP contribution in [0.2, 0.25) is 0 Å². The molecule has 1 aromatic carbocycles. The third-order valence-electron chi connectivity index (χ3n) is 8.17. The molecule has 0 aliphatic carbocycles. The highest BCUT2D eigenvalue weighted by Crippen LogP contribution is 2.38. The maximum absolute atomic E-state index is 16.3. The van der Waals surface area contributed by atoms with Gasteiger partial charge in [0.25, 0.3) is 0 Å². The zero-order valence-corrected chi connectivity index (χ0v) is 26.3. The van der Waals surface area contributed by atoms with Crippen LogP contribution in [-0.2, 0) is 10.2 Å². The summed E-state index contributed by atoms with van der Waals surface area (Å²) < 4.78 is 33.3. The number of amides is 1. The van der Waals surface area contributed by atoms with Gasteiger partial charge in [0, 0.05) is 37.4 Å². The standard InChI is InChI=1S/C34H38F2N6O2/c1-9-26(43)40-15-16-41(21(5)18-40)31-22-17-25(36)29(27-23(34(6,7)8)11-10-12-24(27)35)38-32(22)42(33(44)39-31)30-20(4)13-14-37-28(30)19(2)3/h9-14,17,19,21H,1,15-16,18H2,2-8H3/t21-/m0/s1. The van der Waals surface area contributed by atoms with Gasteiger partial charge in [-0.3, -0.25) is 9.78 Å². The molecule has 10 heteroatoms. The Labute approximate surface area is 256 Å². The van der Waals surface area contributed by atoms with Crippen LogP contribution in [0.15, 0.2) is 54.0 Å². The van der Waals surface area contributed by atoms with Crippen molar-refractivity contribution in [2.24, 2.45) is 0 Å². The molecule has 0 saturated carbocycles. The van der Waals surface area contributed by atoms with Crippen LogP contribution in [0.25, 0.3) is 28.0 Å². The highest BCUT2D eigenvalue weighted by atomic mass is 19.1. The smallest absolute Gasteiger partial charge is 0.350 e. The van der Waals surface area contributed by atoms with Crippen LogP contribution in [0, 0.1) is 18.6 Å². The number of carbonyl (C=O) groups is 1. The van der Waals surface area contributed by atoms with Crippen molar-refractivity contribution in [2.75, 3.05) is 24.5 Å². The predicted molar refractivity (Wildman–Crippen MR) is 169 cm³/mol. The Hall–Kier alpha value is -4.47. The molecule has 0 unspecified atom stereocenters. The number of hydrogen-bond acceptors (Lipinski definition) is 6. The fourth-order valence-corrected chi connectivity index (χ4v) is 5.98. The van der Waals surface area contributed by atoms with E-state index in [0.29, 0.717) is 42.0 Å². The molecular weight excluding hydrogens is 562 g/mol. The van der Waals surface area contributed by atoms with Crippen LogP contribution in [0.5, 0.6) is 0 Å². The number of carbonyl (C=O) groups excluding carboxylic acids is 1. The van der Waals surface area contributed by atoms with E-state index in [1.54, 1.807) is 29.3 Å². The maximum atomic E-state index is 16.3. The first-order valence-electron chi connectivity index (χ1n) is 14.8. The Morgan fingerprint density at radius 2 is 1.84 bits per heavy atom. The van der Waals surface area contributed by atoms with Crippen molar-refractivity contribution in [2.45, 2.75) is 65.8 Å². The first-order chi connectivity index (χ1) is 20.7. The summed E-state index contributed by atoms with van der Waals surface area (Å²) in [7, 11) is 0. The van der Waals surface area contributed by atoms with Crippen molar-refractivity contribution < 1.29 is 13.6 Å². The van der Waals surface area contributed by atoms with Gasteiger partial charge >= 0.3 is 5.69 Å². The van der Waals surface area contributed by atoms with Gasteiger partial charge in [0.2, 0.25) is 5.91 Å². The molecule has 4 heterocycles. The van der Waals surface area contributed by atoms with Crippen LogP contribution in [0.3, 0.4) is 0 Å². The molecule has 1 saturated heterocycles. The summed E-state index contributed by atoms with van der Waals surface area (Å²) in [5, 5.41) is 0.299. The van der Waals surface area contributed by atoms with Crippen LogP contribution < -0.4 is 10.6 Å². The number of benzene rings is 1. The highest BCUT2D eigenvalue weighted by Gasteiger charge is 2.31. The summed E-state index contributed by atoms with van der Waals surface area (Å²) in [4.78, 5) is 43.8. The molecule has 0 radical (unpaired) electrons. The number of piperazine rings is 1. The second kappa shape index (κ2) is 11.6. The van der Waals surface area contributed by atoms with Gasteiger partial charge in [0.15, 0.2) is 5.65 Å². The Kier molecular flexibility index (Phi) is 8.13. The average Bonchev–Trinajstić information content (AvgIpc) is 2.96. The van der Waals surface area contributed by atoms with E-state index < -0.39 is 22.7 Å². The molecular formula is C34H38F2N6O2. The number of anilines is 1. The molecule has 1 atom stereocenters. The monoisotopic (exact) mass is 600 g/mol. The lowest BCUT2D eigenvalue weighted by Gasteiger charge is -2.40. The molecule has 3 aromatic heterocycles. The lowest BCUT2D eigenvalue weighted by Crippen LogP contribution is -2.54. The van der Waals surface area contributed by atoms with Crippen LogP contribution in [0.4, 0.5) is 14.6 Å². The number of aryl methyl sites for hydroxylation is 1. The van der Waals surface area contributed by atoms with Crippen molar-refractivity contribution in [3.63, 3.8) is 0 Å². The van der Waals surface area contributed by atoms with Crippen LogP contribution >= 0.6 is 0 Å². The first-order valence-corrected chi connectivity index (χ1v) is 14.8. The lowest BCUT2D eigenvalue weighted by molar-refractivity contribution is -0.126. The molecule has 0 spiro atoms. The molecule has 4 aromatic rings. The minimum absolute atomic E-state index is 0.0497. The maximum Gasteiger partial charge on any atom is 0.355 e. The van der Waals surface area contributed by atoms with E-state index in [4.69, 9.17) is 4.98 Å². The number of hydrogen-bond donors (Lipinski definition) is 0. The Bertz CT molecular complexity index is 1840. The summed E-state index contributed by atoms with van der Waals surface area (Å²) in [6, 6.07) is 7.50. The molecule has 230 valence electrons. The van der Waals surface area contributed by atoms with Gasteiger partial charge < -0.3 is 9.80 Å². The fraction of sp³-hybridized carbons (Fsp3) is 0.382. The lowest BCUT2D eigenvalue weighted by atomic mass is 9.82. The van der Waals surface area contributed by atoms with Crippen LogP contribution in [-0.4, -0.2) is 56.0 Å². The predicted octanol–water partition coefficient (Wildman–Crippen LogP) is 6.07. The molecule has 0 N–H and O–H groups in total. The van der Waals surface area contributed by atoms with E-state index in [1.807, 2.05) is 53.4 Å². The Morgan fingerprint density at radius 1 is 1.11 bits per heavy atom. The van der Waals surface area contributed by atoms with Gasteiger partial charge in [0.05, 0.1) is 16.8 Å². The molecule has 44 heavy (non-hydrogen) atoms. The zero-order valence-electron chi connectivity index (χ0n) is 26.3. The molecule has 8 nitrogen and oxygen atoms in total. The summed E-state index contributed by atoms with van der Waals surface area (Å²) in [5.74, 6) is -1.32. The van der Waals surface area contributed by atoms with Gasteiger partial charge in [-0.05, 0) is 60.6 Å². The van der Waals surface area contributed by atoms with Crippen LogP contribution in [0.1, 0.15) is 64.3 Å². The number of pyridine rings is 2. The Balaban J connectivity index is 1.86. The minimum Gasteiger partial charge on any atom is -0.350 e. The Morgan fingerprint density at radius 3 is 2.48 bits per heavy atom. The number of fused-ring (bicyclic) bond motifs is 1. The summed E-state index contributed by atoms with van der Waals surface area (Å²) in [6.45, 7) is 18.2. The topological polar surface area (TPSA) is 84.2 Å². The van der Waals surface area contributed by atoms with Gasteiger partial charge in [-0.1, -0.05) is 53.3 Å². The highest BCUT2D eigenvalue weighted by molar-refractivity contribution is 5.91. The number of halogens is 2. The molecule has 1 aliphatic heterocycles. The molecule has 0 bridgehead atoms. The summed E-state index contributed by atoms with van der Waals surface area (Å²) in [6.07, 6.45) is 2.96. The van der Waals surface area contributed by atoms with Gasteiger partial charge in [0.1, 0.15) is 23.1 Å². The summed E-state index contributed by atoms with van der Waals surface area (Å²) >= 11 is 0. The zero-order chi connectivity index (χ0) is 32.1. The van der Waals surface area contributed by atoms with Crippen molar-refractivity contribution >= 4 is 22.8 Å². The third-order valence-corrected chi connectivity index (χ3v) is 8.17. The second-order valence-electron chi connectivity index (χ2n) is 12.7. The van der Waals surface area contributed by atoms with Crippen molar-refractivity contribution in [1.82, 2.24) is 24.4 Å². The van der Waals surface area contributed by atoms with Gasteiger partial charge in [-0.15, -0.1) is 0 Å². The number of aromatic nitrogens is 4. The van der Waals surface area contributed by atoms with Crippen molar-refractivity contribution in [3.8, 4) is 16.9 Å². The largest absolute Gasteiger partial charge is 0.355 e.